The van der Waals surface area contributed by atoms with Crippen LogP contribution in [0.4, 0.5) is 0 Å². The molecule has 2 rings (SSSR count). The topological polar surface area (TPSA) is 27.7 Å². The van der Waals surface area contributed by atoms with E-state index >= 15 is 0 Å². The molecule has 1 aromatic carbocycles. The quantitative estimate of drug-likeness (QED) is 0.611. The summed E-state index contributed by atoms with van der Waals surface area (Å²) in [5.41, 5.74) is 1.38. The van der Waals surface area contributed by atoms with Gasteiger partial charge in [-0.1, -0.05) is 26.0 Å². The van der Waals surface area contributed by atoms with E-state index in [0.29, 0.717) is 30.1 Å². The van der Waals surface area contributed by atoms with Gasteiger partial charge in [-0.25, -0.2) is 0 Å². The van der Waals surface area contributed by atoms with E-state index in [0.717, 1.165) is 31.6 Å². The standard InChI is InChI=1S/C21H34O3/c1-15(2)23-14-17(4)10-16(3)11-18-6-8-19(9-7-18)24-21-12-20(13-21)22-5/h6-9,15-17,20-21H,10-14H2,1-5H3. The molecule has 0 aliphatic heterocycles. The van der Waals surface area contributed by atoms with Gasteiger partial charge < -0.3 is 14.2 Å². The molecule has 3 nitrogen and oxygen atoms in total. The van der Waals surface area contributed by atoms with Gasteiger partial charge in [0, 0.05) is 26.6 Å². The van der Waals surface area contributed by atoms with Crippen molar-refractivity contribution in [1.82, 2.24) is 0 Å². The summed E-state index contributed by atoms with van der Waals surface area (Å²) in [5, 5.41) is 0. The molecular formula is C21H34O3. The van der Waals surface area contributed by atoms with Gasteiger partial charge >= 0.3 is 0 Å². The summed E-state index contributed by atoms with van der Waals surface area (Å²) < 4.78 is 17.0. The fraction of sp³-hybridized carbons (Fsp3) is 0.714. The molecule has 0 N–H and O–H groups in total. The fourth-order valence-corrected chi connectivity index (χ4v) is 3.30. The maximum absolute atomic E-state index is 5.96. The van der Waals surface area contributed by atoms with Crippen LogP contribution in [0.25, 0.3) is 0 Å². The Kier molecular flexibility index (Phi) is 7.57. The van der Waals surface area contributed by atoms with Crippen LogP contribution in [-0.2, 0) is 15.9 Å². The van der Waals surface area contributed by atoms with E-state index in [1.165, 1.54) is 12.0 Å². The highest BCUT2D eigenvalue weighted by Crippen LogP contribution is 2.28. The predicted molar refractivity (Wildman–Crippen MR) is 98.6 cm³/mol. The van der Waals surface area contributed by atoms with Crippen molar-refractivity contribution in [2.24, 2.45) is 11.8 Å². The summed E-state index contributed by atoms with van der Waals surface area (Å²) in [7, 11) is 1.77. The molecule has 0 aromatic heterocycles. The monoisotopic (exact) mass is 334 g/mol. The normalized spacial score (nSPS) is 22.9. The summed E-state index contributed by atoms with van der Waals surface area (Å²) in [6, 6.07) is 8.61. The van der Waals surface area contributed by atoms with Gasteiger partial charge in [0.25, 0.3) is 0 Å². The van der Waals surface area contributed by atoms with E-state index in [9.17, 15) is 0 Å². The van der Waals surface area contributed by atoms with Crippen molar-refractivity contribution in [1.29, 1.82) is 0 Å². The van der Waals surface area contributed by atoms with Crippen LogP contribution in [0.15, 0.2) is 24.3 Å². The van der Waals surface area contributed by atoms with Gasteiger partial charge in [0.05, 0.1) is 12.2 Å². The molecule has 1 fully saturated rings. The lowest BCUT2D eigenvalue weighted by molar-refractivity contribution is -0.0381. The second kappa shape index (κ2) is 9.43. The lowest BCUT2D eigenvalue weighted by Crippen LogP contribution is -2.38. The first-order chi connectivity index (χ1) is 11.5. The minimum absolute atomic E-state index is 0.321. The second-order valence-corrected chi connectivity index (χ2v) is 7.75. The molecule has 1 aromatic rings. The summed E-state index contributed by atoms with van der Waals surface area (Å²) in [4.78, 5) is 0. The Hall–Kier alpha value is -1.06. The van der Waals surface area contributed by atoms with Crippen molar-refractivity contribution in [3.8, 4) is 5.75 Å². The van der Waals surface area contributed by atoms with Gasteiger partial charge in [0.2, 0.25) is 0 Å². The van der Waals surface area contributed by atoms with Gasteiger partial charge in [-0.2, -0.15) is 0 Å². The van der Waals surface area contributed by atoms with Crippen LogP contribution in [0.1, 0.15) is 52.5 Å². The van der Waals surface area contributed by atoms with E-state index in [1.807, 2.05) is 0 Å². The highest BCUT2D eigenvalue weighted by Gasteiger charge is 2.30. The number of rotatable bonds is 10. The first-order valence-corrected chi connectivity index (χ1v) is 9.36. The van der Waals surface area contributed by atoms with Crippen LogP contribution in [-0.4, -0.2) is 32.0 Å². The van der Waals surface area contributed by atoms with E-state index in [-0.39, 0.29) is 0 Å². The van der Waals surface area contributed by atoms with Gasteiger partial charge in [0.1, 0.15) is 11.9 Å². The molecule has 1 aliphatic rings. The third-order valence-corrected chi connectivity index (χ3v) is 4.71. The largest absolute Gasteiger partial charge is 0.490 e. The third-order valence-electron chi connectivity index (χ3n) is 4.71. The Morgan fingerprint density at radius 2 is 1.62 bits per heavy atom. The summed E-state index contributed by atoms with van der Waals surface area (Å²) in [5.74, 6) is 2.25. The molecular weight excluding hydrogens is 300 g/mol. The zero-order valence-electron chi connectivity index (χ0n) is 16.0. The van der Waals surface area contributed by atoms with Gasteiger partial charge in [-0.15, -0.1) is 0 Å². The molecule has 1 saturated carbocycles. The van der Waals surface area contributed by atoms with Crippen molar-refractivity contribution >= 4 is 0 Å². The van der Waals surface area contributed by atoms with Crippen molar-refractivity contribution in [3.63, 3.8) is 0 Å². The van der Waals surface area contributed by atoms with Crippen molar-refractivity contribution in [3.05, 3.63) is 29.8 Å². The Balaban J connectivity index is 1.70. The van der Waals surface area contributed by atoms with Crippen LogP contribution >= 0.6 is 0 Å². The first kappa shape index (κ1) is 19.3. The molecule has 2 atom stereocenters. The number of hydrogen-bond donors (Lipinski definition) is 0. The van der Waals surface area contributed by atoms with E-state index in [1.54, 1.807) is 7.11 Å². The Morgan fingerprint density at radius 3 is 2.21 bits per heavy atom. The molecule has 0 radical (unpaired) electrons. The third kappa shape index (κ3) is 6.45. The molecule has 136 valence electrons. The second-order valence-electron chi connectivity index (χ2n) is 7.75. The van der Waals surface area contributed by atoms with Crippen LogP contribution < -0.4 is 4.74 Å². The average Bonchev–Trinajstić information content (AvgIpc) is 2.50. The van der Waals surface area contributed by atoms with Crippen molar-refractivity contribution in [2.75, 3.05) is 13.7 Å². The van der Waals surface area contributed by atoms with E-state index in [4.69, 9.17) is 14.2 Å². The Bertz CT molecular complexity index is 462. The number of ether oxygens (including phenoxy) is 3. The SMILES string of the molecule is COC1CC(Oc2ccc(CC(C)CC(C)COC(C)C)cc2)C1. The summed E-state index contributed by atoms with van der Waals surface area (Å²) >= 11 is 0. The van der Waals surface area contributed by atoms with Crippen molar-refractivity contribution < 1.29 is 14.2 Å². The molecule has 0 saturated heterocycles. The zero-order chi connectivity index (χ0) is 17.5. The molecule has 1 aliphatic carbocycles. The minimum atomic E-state index is 0.321. The van der Waals surface area contributed by atoms with Crippen LogP contribution in [0, 0.1) is 11.8 Å². The fourth-order valence-electron chi connectivity index (χ4n) is 3.30. The molecule has 2 unspecified atom stereocenters. The first-order valence-electron chi connectivity index (χ1n) is 9.36. The molecule has 0 amide bonds. The van der Waals surface area contributed by atoms with Crippen LogP contribution in [0.5, 0.6) is 5.75 Å². The summed E-state index contributed by atoms with van der Waals surface area (Å²) in [6.07, 6.45) is 5.35. The zero-order valence-corrected chi connectivity index (χ0v) is 16.0. The Labute approximate surface area is 147 Å². The lowest BCUT2D eigenvalue weighted by Gasteiger charge is -2.34. The van der Waals surface area contributed by atoms with Gasteiger partial charge in [-0.3, -0.25) is 0 Å². The summed E-state index contributed by atoms with van der Waals surface area (Å²) in [6.45, 7) is 9.66. The molecule has 0 spiro atoms. The predicted octanol–water partition coefficient (Wildman–Crippen LogP) is 4.87. The van der Waals surface area contributed by atoms with Crippen LogP contribution in [0.3, 0.4) is 0 Å². The lowest BCUT2D eigenvalue weighted by atomic mass is 9.91. The van der Waals surface area contributed by atoms with Crippen molar-refractivity contribution in [2.45, 2.75) is 71.7 Å². The molecule has 0 bridgehead atoms. The maximum atomic E-state index is 5.96. The number of methoxy groups -OCH3 is 1. The molecule has 24 heavy (non-hydrogen) atoms. The average molecular weight is 335 g/mol. The smallest absolute Gasteiger partial charge is 0.119 e. The molecule has 0 heterocycles. The highest BCUT2D eigenvalue weighted by atomic mass is 16.5. The van der Waals surface area contributed by atoms with Crippen LogP contribution in [0.2, 0.25) is 0 Å². The van der Waals surface area contributed by atoms with Gasteiger partial charge in [-0.05, 0) is 56.2 Å². The Morgan fingerprint density at radius 1 is 0.958 bits per heavy atom. The number of benzene rings is 1. The maximum Gasteiger partial charge on any atom is 0.119 e. The highest BCUT2D eigenvalue weighted by molar-refractivity contribution is 5.28. The van der Waals surface area contributed by atoms with Gasteiger partial charge in [0.15, 0.2) is 0 Å². The number of hydrogen-bond acceptors (Lipinski definition) is 3. The minimum Gasteiger partial charge on any atom is -0.490 e. The molecule has 3 heteroatoms. The van der Waals surface area contributed by atoms with E-state index in [2.05, 4.69) is 52.0 Å². The van der Waals surface area contributed by atoms with E-state index < -0.39 is 0 Å².